The number of carbonyl (C=O) groups is 2. The molecule has 0 saturated carbocycles. The number of ether oxygens (including phenoxy) is 1. The second-order valence-electron chi connectivity index (χ2n) is 6.70. The van der Waals surface area contributed by atoms with Gasteiger partial charge in [-0.05, 0) is 43.3 Å². The quantitative estimate of drug-likeness (QED) is 0.478. The Bertz CT molecular complexity index is 1190. The molecule has 1 aromatic heterocycles. The van der Waals surface area contributed by atoms with E-state index in [1.807, 2.05) is 6.92 Å². The first-order chi connectivity index (χ1) is 14.9. The molecule has 0 fully saturated rings. The van der Waals surface area contributed by atoms with Crippen molar-refractivity contribution in [2.45, 2.75) is 13.3 Å². The summed E-state index contributed by atoms with van der Waals surface area (Å²) < 4.78 is 5.43. The number of nitrogens with two attached hydrogens (primary N) is 1. The number of primary amides is 1. The summed E-state index contributed by atoms with van der Waals surface area (Å²) in [4.78, 5) is 45.3. The predicted octanol–water partition coefficient (Wildman–Crippen LogP) is 2.77. The van der Waals surface area contributed by atoms with Crippen molar-refractivity contribution in [1.82, 2.24) is 9.97 Å². The van der Waals surface area contributed by atoms with Crippen LogP contribution >= 0.6 is 0 Å². The van der Waals surface area contributed by atoms with Crippen LogP contribution in [-0.4, -0.2) is 33.3 Å². The van der Waals surface area contributed by atoms with E-state index < -0.39 is 10.8 Å². The fraction of sp³-hybridized carbons (Fsp3) is 0.143. The van der Waals surface area contributed by atoms with Crippen molar-refractivity contribution in [3.63, 3.8) is 0 Å². The highest BCUT2D eigenvalue weighted by molar-refractivity contribution is 6.09. The number of amides is 2. The van der Waals surface area contributed by atoms with E-state index >= 15 is 0 Å². The number of nitro groups is 1. The number of rotatable bonds is 6. The molecule has 0 atom stereocenters. The maximum atomic E-state index is 12.7. The molecule has 0 saturated heterocycles. The molecule has 2 N–H and O–H groups in total. The lowest BCUT2D eigenvalue weighted by molar-refractivity contribution is -0.384. The van der Waals surface area contributed by atoms with Crippen LogP contribution in [0.25, 0.3) is 11.4 Å². The van der Waals surface area contributed by atoms with Gasteiger partial charge in [0.2, 0.25) is 5.91 Å². The Kier molecular flexibility index (Phi) is 5.04. The zero-order valence-electron chi connectivity index (χ0n) is 16.4. The molecule has 2 amide bonds. The van der Waals surface area contributed by atoms with Gasteiger partial charge in [-0.1, -0.05) is 0 Å². The van der Waals surface area contributed by atoms with Gasteiger partial charge in [0, 0.05) is 23.3 Å². The van der Waals surface area contributed by atoms with E-state index in [2.05, 4.69) is 9.97 Å². The van der Waals surface area contributed by atoms with Gasteiger partial charge in [0.05, 0.1) is 23.6 Å². The number of nitrogens with zero attached hydrogens (tertiary/aromatic N) is 4. The van der Waals surface area contributed by atoms with Crippen LogP contribution < -0.4 is 15.4 Å². The van der Waals surface area contributed by atoms with Gasteiger partial charge in [-0.25, -0.2) is 9.97 Å². The number of nitro benzene ring substituents is 1. The lowest BCUT2D eigenvalue weighted by atomic mass is 10.1. The second-order valence-corrected chi connectivity index (χ2v) is 6.70. The van der Waals surface area contributed by atoms with Gasteiger partial charge in [-0.15, -0.1) is 0 Å². The minimum absolute atomic E-state index is 0.0355. The zero-order valence-corrected chi connectivity index (χ0v) is 16.4. The third kappa shape index (κ3) is 3.66. The van der Waals surface area contributed by atoms with Crippen LogP contribution in [0.15, 0.2) is 48.5 Å². The molecular formula is C21H17N5O5. The van der Waals surface area contributed by atoms with E-state index in [-0.39, 0.29) is 35.4 Å². The van der Waals surface area contributed by atoms with Crippen LogP contribution in [0.4, 0.5) is 17.2 Å². The predicted molar refractivity (Wildman–Crippen MR) is 111 cm³/mol. The maximum absolute atomic E-state index is 12.7. The summed E-state index contributed by atoms with van der Waals surface area (Å²) in [7, 11) is 0. The molecule has 156 valence electrons. The van der Waals surface area contributed by atoms with Gasteiger partial charge in [0.15, 0.2) is 5.82 Å². The van der Waals surface area contributed by atoms with E-state index in [0.717, 1.165) is 0 Å². The highest BCUT2D eigenvalue weighted by Crippen LogP contribution is 2.37. The number of non-ortho nitro benzene ring substituents is 1. The van der Waals surface area contributed by atoms with Crippen LogP contribution in [0.1, 0.15) is 23.0 Å². The molecule has 0 spiro atoms. The molecule has 1 aliphatic rings. The molecule has 0 radical (unpaired) electrons. The van der Waals surface area contributed by atoms with Gasteiger partial charge in [0.1, 0.15) is 17.3 Å². The van der Waals surface area contributed by atoms with Crippen molar-refractivity contribution in [3.05, 3.63) is 69.9 Å². The average molecular weight is 419 g/mol. The Hall–Kier alpha value is -4.34. The van der Waals surface area contributed by atoms with Crippen LogP contribution in [0.3, 0.4) is 0 Å². The van der Waals surface area contributed by atoms with Crippen LogP contribution in [0.2, 0.25) is 0 Å². The fourth-order valence-electron chi connectivity index (χ4n) is 3.36. The van der Waals surface area contributed by atoms with E-state index in [0.29, 0.717) is 29.2 Å². The van der Waals surface area contributed by atoms with Gasteiger partial charge >= 0.3 is 0 Å². The fourth-order valence-corrected chi connectivity index (χ4v) is 3.36. The SMILES string of the molecule is CCOc1ccc(-c2nc(C(N)=O)c3c(n2)N(c2ccc([N+](=O)[O-])cc2)C(=O)C3)cc1. The smallest absolute Gasteiger partial charge is 0.269 e. The van der Waals surface area contributed by atoms with Crippen LogP contribution in [0.5, 0.6) is 5.75 Å². The summed E-state index contributed by atoms with van der Waals surface area (Å²) in [5.41, 5.74) is 6.71. The molecule has 1 aliphatic heterocycles. The Balaban J connectivity index is 1.82. The van der Waals surface area contributed by atoms with Crippen molar-refractivity contribution in [2.75, 3.05) is 11.5 Å². The van der Waals surface area contributed by atoms with Crippen molar-refractivity contribution >= 4 is 29.0 Å². The number of anilines is 2. The molecular weight excluding hydrogens is 402 g/mol. The lowest BCUT2D eigenvalue weighted by Crippen LogP contribution is -2.21. The molecule has 0 unspecified atom stereocenters. The monoisotopic (exact) mass is 419 g/mol. The number of carbonyl (C=O) groups excluding carboxylic acids is 2. The van der Waals surface area contributed by atoms with Crippen LogP contribution in [0, 0.1) is 10.1 Å². The molecule has 31 heavy (non-hydrogen) atoms. The molecule has 10 nitrogen and oxygen atoms in total. The van der Waals surface area contributed by atoms with Gasteiger partial charge in [0.25, 0.3) is 11.6 Å². The van der Waals surface area contributed by atoms with Gasteiger partial charge in [-0.3, -0.25) is 24.6 Å². The Morgan fingerprint density at radius 3 is 2.42 bits per heavy atom. The first kappa shape index (κ1) is 20.0. The standard InChI is InChI=1S/C21H17N5O5/c1-2-31-15-9-3-12(4-10-15)20-23-18(19(22)28)16-11-17(27)25(21(16)24-20)13-5-7-14(8-6-13)26(29)30/h3-10H,2,11H2,1H3,(H2,22,28). The minimum Gasteiger partial charge on any atom is -0.494 e. The van der Waals surface area contributed by atoms with Crippen molar-refractivity contribution < 1.29 is 19.2 Å². The summed E-state index contributed by atoms with van der Waals surface area (Å²) in [6.45, 7) is 2.40. The molecule has 10 heteroatoms. The minimum atomic E-state index is -0.774. The largest absolute Gasteiger partial charge is 0.494 e. The number of aromatic nitrogens is 2. The summed E-state index contributed by atoms with van der Waals surface area (Å²) in [5.74, 6) is 0.00245. The summed E-state index contributed by atoms with van der Waals surface area (Å²) in [5, 5.41) is 10.9. The van der Waals surface area contributed by atoms with Crippen molar-refractivity contribution in [2.24, 2.45) is 5.73 Å². The maximum Gasteiger partial charge on any atom is 0.269 e. The van der Waals surface area contributed by atoms with E-state index in [1.54, 1.807) is 24.3 Å². The van der Waals surface area contributed by atoms with Crippen LogP contribution in [-0.2, 0) is 11.2 Å². The summed E-state index contributed by atoms with van der Waals surface area (Å²) in [6, 6.07) is 12.5. The molecule has 2 aromatic carbocycles. The second kappa shape index (κ2) is 7.82. The Labute approximate surface area is 176 Å². The first-order valence-corrected chi connectivity index (χ1v) is 9.40. The summed E-state index contributed by atoms with van der Waals surface area (Å²) in [6.07, 6.45) is -0.103. The van der Waals surface area contributed by atoms with E-state index in [9.17, 15) is 19.7 Å². The third-order valence-electron chi connectivity index (χ3n) is 4.75. The van der Waals surface area contributed by atoms with Gasteiger partial charge < -0.3 is 10.5 Å². The van der Waals surface area contributed by atoms with Gasteiger partial charge in [-0.2, -0.15) is 0 Å². The average Bonchev–Trinajstić information content (AvgIpc) is 3.09. The van der Waals surface area contributed by atoms with E-state index in [4.69, 9.17) is 10.5 Å². The molecule has 0 bridgehead atoms. The third-order valence-corrected chi connectivity index (χ3v) is 4.75. The molecule has 3 aromatic rings. The molecule has 4 rings (SSSR count). The van der Waals surface area contributed by atoms with E-state index in [1.165, 1.54) is 29.2 Å². The highest BCUT2D eigenvalue weighted by Gasteiger charge is 2.35. The number of hydrogen-bond acceptors (Lipinski definition) is 7. The topological polar surface area (TPSA) is 142 Å². The lowest BCUT2D eigenvalue weighted by Gasteiger charge is -2.17. The van der Waals surface area contributed by atoms with Crippen molar-refractivity contribution in [3.8, 4) is 17.1 Å². The molecule has 2 heterocycles. The highest BCUT2D eigenvalue weighted by atomic mass is 16.6. The Morgan fingerprint density at radius 2 is 1.84 bits per heavy atom. The summed E-state index contributed by atoms with van der Waals surface area (Å²) >= 11 is 0. The first-order valence-electron chi connectivity index (χ1n) is 9.40. The number of hydrogen-bond donors (Lipinski definition) is 1. The number of benzene rings is 2. The van der Waals surface area contributed by atoms with Crippen molar-refractivity contribution in [1.29, 1.82) is 0 Å². The number of fused-ring (bicyclic) bond motifs is 1. The Morgan fingerprint density at radius 1 is 1.16 bits per heavy atom. The normalized spacial score (nSPS) is 12.5. The zero-order chi connectivity index (χ0) is 22.1. The molecule has 0 aliphatic carbocycles.